The molecule has 0 bridgehead atoms. The summed E-state index contributed by atoms with van der Waals surface area (Å²) in [6, 6.07) is 3.75. The number of ether oxygens (including phenoxy) is 1. The first-order valence-electron chi connectivity index (χ1n) is 8.22. The zero-order chi connectivity index (χ0) is 18.2. The van der Waals surface area contributed by atoms with Gasteiger partial charge in [-0.15, -0.1) is 0 Å². The van der Waals surface area contributed by atoms with E-state index in [2.05, 4.69) is 34.5 Å². The lowest BCUT2D eigenvalue weighted by atomic mass is 10.3. The molecule has 136 valence electrons. The fraction of sp³-hybridized carbons (Fsp3) is 0.412. The summed E-state index contributed by atoms with van der Waals surface area (Å²) in [6.45, 7) is 7.85. The Bertz CT molecular complexity index is 700. The van der Waals surface area contributed by atoms with Crippen LogP contribution in [-0.4, -0.2) is 47.5 Å². The first-order chi connectivity index (χ1) is 12.0. The van der Waals surface area contributed by atoms with Crippen molar-refractivity contribution in [2.75, 3.05) is 37.4 Å². The van der Waals surface area contributed by atoms with Crippen LogP contribution in [0.5, 0.6) is 5.75 Å². The fourth-order valence-electron chi connectivity index (χ4n) is 2.37. The van der Waals surface area contributed by atoms with Crippen LogP contribution < -0.4 is 15.4 Å². The predicted octanol–water partition coefficient (Wildman–Crippen LogP) is 3.02. The highest BCUT2D eigenvalue weighted by molar-refractivity contribution is 5.99. The molecule has 2 amide bonds. The zero-order valence-corrected chi connectivity index (χ0v) is 14.8. The molecule has 0 saturated heterocycles. The van der Waals surface area contributed by atoms with Crippen LogP contribution in [0.15, 0.2) is 30.6 Å². The molecular formula is C17H24FN5O2. The van der Waals surface area contributed by atoms with E-state index in [-0.39, 0.29) is 5.75 Å². The molecule has 0 fully saturated rings. The van der Waals surface area contributed by atoms with Gasteiger partial charge in [0.1, 0.15) is 0 Å². The lowest BCUT2D eigenvalue weighted by molar-refractivity contribution is 0.262. The maximum atomic E-state index is 13.6. The summed E-state index contributed by atoms with van der Waals surface area (Å²) in [7, 11) is 1.39. The number of benzene rings is 1. The summed E-state index contributed by atoms with van der Waals surface area (Å²) in [5.41, 5.74) is 0.913. The second kappa shape index (κ2) is 9.03. The number of carbonyl (C=O) groups excluding carboxylic acids is 1. The highest BCUT2D eigenvalue weighted by atomic mass is 19.1. The molecule has 1 aromatic heterocycles. The van der Waals surface area contributed by atoms with Crippen LogP contribution >= 0.6 is 0 Å². The van der Waals surface area contributed by atoms with Crippen LogP contribution in [0.3, 0.4) is 0 Å². The van der Waals surface area contributed by atoms with E-state index in [1.807, 2.05) is 0 Å². The molecule has 1 aromatic carbocycles. The molecule has 2 aromatic rings. The Labute approximate surface area is 146 Å². The molecular weight excluding hydrogens is 325 g/mol. The summed E-state index contributed by atoms with van der Waals surface area (Å²) >= 11 is 0. The highest BCUT2D eigenvalue weighted by Gasteiger charge is 2.08. The standard InChI is InChI=1S/C17H24FN5O2/c1-4-22(5-2)8-9-23-12-14(11-19-23)21-17(24)20-13-6-7-16(25-3)15(18)10-13/h6-7,10-12H,4-5,8-9H2,1-3H3,(H2,20,21,24). The maximum Gasteiger partial charge on any atom is 0.323 e. The van der Waals surface area contributed by atoms with E-state index < -0.39 is 11.8 Å². The van der Waals surface area contributed by atoms with E-state index >= 15 is 0 Å². The molecule has 0 spiro atoms. The van der Waals surface area contributed by atoms with Crippen LogP contribution in [-0.2, 0) is 6.54 Å². The molecule has 2 rings (SSSR count). The number of urea groups is 1. The van der Waals surface area contributed by atoms with Gasteiger partial charge in [-0.3, -0.25) is 4.68 Å². The van der Waals surface area contributed by atoms with Gasteiger partial charge < -0.3 is 20.3 Å². The Morgan fingerprint density at radius 2 is 2.00 bits per heavy atom. The first kappa shape index (κ1) is 18.7. The number of hydrogen-bond donors (Lipinski definition) is 2. The molecule has 0 saturated carbocycles. The van der Waals surface area contributed by atoms with Gasteiger partial charge in [-0.25, -0.2) is 9.18 Å². The summed E-state index contributed by atoms with van der Waals surface area (Å²) in [4.78, 5) is 14.3. The first-order valence-corrected chi connectivity index (χ1v) is 8.22. The van der Waals surface area contributed by atoms with Crippen LogP contribution in [0, 0.1) is 5.82 Å². The van der Waals surface area contributed by atoms with Crippen molar-refractivity contribution >= 4 is 17.4 Å². The van der Waals surface area contributed by atoms with E-state index in [0.717, 1.165) is 26.2 Å². The number of halogens is 1. The number of anilines is 2. The minimum Gasteiger partial charge on any atom is -0.494 e. The average Bonchev–Trinajstić information content (AvgIpc) is 3.03. The molecule has 0 atom stereocenters. The Kier molecular flexibility index (Phi) is 6.76. The molecule has 7 nitrogen and oxygen atoms in total. The molecule has 0 unspecified atom stereocenters. The van der Waals surface area contributed by atoms with Gasteiger partial charge in [0.2, 0.25) is 0 Å². The summed E-state index contributed by atoms with van der Waals surface area (Å²) < 4.78 is 20.2. The summed E-state index contributed by atoms with van der Waals surface area (Å²) in [6.07, 6.45) is 3.34. The minimum atomic E-state index is -0.537. The third kappa shape index (κ3) is 5.46. The number of amides is 2. The van der Waals surface area contributed by atoms with E-state index in [1.165, 1.54) is 19.2 Å². The number of nitrogens with one attached hydrogen (secondary N) is 2. The van der Waals surface area contributed by atoms with Gasteiger partial charge in [-0.2, -0.15) is 5.10 Å². The van der Waals surface area contributed by atoms with E-state index in [9.17, 15) is 9.18 Å². The highest BCUT2D eigenvalue weighted by Crippen LogP contribution is 2.20. The largest absolute Gasteiger partial charge is 0.494 e. The fourth-order valence-corrected chi connectivity index (χ4v) is 2.37. The van der Waals surface area contributed by atoms with Crippen molar-refractivity contribution in [1.29, 1.82) is 0 Å². The van der Waals surface area contributed by atoms with Gasteiger partial charge in [-0.05, 0) is 25.2 Å². The van der Waals surface area contributed by atoms with Crippen molar-refractivity contribution in [3.05, 3.63) is 36.4 Å². The quantitative estimate of drug-likeness (QED) is 0.768. The van der Waals surface area contributed by atoms with Crippen molar-refractivity contribution in [2.45, 2.75) is 20.4 Å². The summed E-state index contributed by atoms with van der Waals surface area (Å²) in [5.74, 6) is -0.412. The van der Waals surface area contributed by atoms with E-state index in [4.69, 9.17) is 4.74 Å². The summed E-state index contributed by atoms with van der Waals surface area (Å²) in [5, 5.41) is 9.47. The third-order valence-electron chi connectivity index (χ3n) is 3.84. The monoisotopic (exact) mass is 349 g/mol. The van der Waals surface area contributed by atoms with Crippen molar-refractivity contribution in [2.24, 2.45) is 0 Å². The van der Waals surface area contributed by atoms with Gasteiger partial charge >= 0.3 is 6.03 Å². The van der Waals surface area contributed by atoms with E-state index in [1.54, 1.807) is 23.1 Å². The number of rotatable bonds is 8. The van der Waals surface area contributed by atoms with Gasteiger partial charge in [0.25, 0.3) is 0 Å². The number of methoxy groups -OCH3 is 1. The Balaban J connectivity index is 1.87. The number of nitrogens with zero attached hydrogens (tertiary/aromatic N) is 3. The number of likely N-dealkylation sites (N-methyl/N-ethyl adjacent to an activating group) is 1. The Hall–Kier alpha value is -2.61. The van der Waals surface area contributed by atoms with Gasteiger partial charge in [0.15, 0.2) is 11.6 Å². The van der Waals surface area contributed by atoms with Gasteiger partial charge in [0, 0.05) is 24.5 Å². The van der Waals surface area contributed by atoms with Crippen LogP contribution in [0.4, 0.5) is 20.6 Å². The number of carbonyl (C=O) groups is 1. The van der Waals surface area contributed by atoms with Crippen molar-refractivity contribution < 1.29 is 13.9 Å². The lowest BCUT2D eigenvalue weighted by Crippen LogP contribution is -2.27. The van der Waals surface area contributed by atoms with Gasteiger partial charge in [-0.1, -0.05) is 13.8 Å². The molecule has 0 radical (unpaired) electrons. The number of hydrogen-bond acceptors (Lipinski definition) is 4. The molecule has 8 heteroatoms. The average molecular weight is 349 g/mol. The third-order valence-corrected chi connectivity index (χ3v) is 3.84. The Morgan fingerprint density at radius 1 is 1.28 bits per heavy atom. The predicted molar refractivity (Wildman–Crippen MR) is 95.6 cm³/mol. The normalized spacial score (nSPS) is 10.8. The smallest absolute Gasteiger partial charge is 0.323 e. The van der Waals surface area contributed by atoms with Gasteiger partial charge in [0.05, 0.1) is 25.5 Å². The van der Waals surface area contributed by atoms with Crippen molar-refractivity contribution in [1.82, 2.24) is 14.7 Å². The maximum absolute atomic E-state index is 13.6. The molecule has 25 heavy (non-hydrogen) atoms. The van der Waals surface area contributed by atoms with Crippen LogP contribution in [0.2, 0.25) is 0 Å². The minimum absolute atomic E-state index is 0.125. The van der Waals surface area contributed by atoms with Crippen LogP contribution in [0.25, 0.3) is 0 Å². The molecule has 0 aliphatic carbocycles. The van der Waals surface area contributed by atoms with Crippen LogP contribution in [0.1, 0.15) is 13.8 Å². The SMILES string of the molecule is CCN(CC)CCn1cc(NC(=O)Nc2ccc(OC)c(F)c2)cn1. The molecule has 2 N–H and O–H groups in total. The van der Waals surface area contributed by atoms with E-state index in [0.29, 0.717) is 11.4 Å². The van der Waals surface area contributed by atoms with Crippen molar-refractivity contribution in [3.8, 4) is 5.75 Å². The molecule has 1 heterocycles. The van der Waals surface area contributed by atoms with Crippen molar-refractivity contribution in [3.63, 3.8) is 0 Å². The zero-order valence-electron chi connectivity index (χ0n) is 14.8. The second-order valence-corrected chi connectivity index (χ2v) is 5.45. The second-order valence-electron chi connectivity index (χ2n) is 5.45. The Morgan fingerprint density at radius 3 is 2.64 bits per heavy atom. The molecule has 0 aliphatic rings. The topological polar surface area (TPSA) is 71.4 Å². The number of aromatic nitrogens is 2. The lowest BCUT2D eigenvalue weighted by Gasteiger charge is -2.17. The molecule has 0 aliphatic heterocycles.